The summed E-state index contributed by atoms with van der Waals surface area (Å²) < 4.78 is 1.52. The monoisotopic (exact) mass is 442 g/mol. The van der Waals surface area contributed by atoms with Crippen molar-refractivity contribution in [3.8, 4) is 11.3 Å². The first-order valence-corrected chi connectivity index (χ1v) is 10.4. The van der Waals surface area contributed by atoms with E-state index in [0.717, 1.165) is 24.9 Å². The first kappa shape index (κ1) is 20.6. The number of aromatic nitrogens is 3. The predicted octanol–water partition coefficient (Wildman–Crippen LogP) is 4.25. The molecule has 1 unspecified atom stereocenters. The Balaban J connectivity index is 1.63. The Hall–Kier alpha value is -2.70. The molecule has 0 saturated carbocycles. The largest absolute Gasteiger partial charge is 0.341 e. The molecule has 0 bridgehead atoms. The van der Waals surface area contributed by atoms with Gasteiger partial charge in [0.15, 0.2) is 5.78 Å². The van der Waals surface area contributed by atoms with E-state index < -0.39 is 0 Å². The van der Waals surface area contributed by atoms with Crippen molar-refractivity contribution >= 4 is 34.9 Å². The van der Waals surface area contributed by atoms with Gasteiger partial charge < -0.3 is 4.90 Å². The Labute approximate surface area is 184 Å². The Bertz CT molecular complexity index is 1150. The fourth-order valence-electron chi connectivity index (χ4n) is 3.74. The number of ketones is 1. The molecule has 4 rings (SSSR count). The smallest absolute Gasteiger partial charge is 0.255 e. The number of rotatable bonds is 4. The number of halogens is 2. The minimum atomic E-state index is -0.211. The molecule has 154 valence electrons. The second-order valence-corrected chi connectivity index (χ2v) is 8.17. The first-order valence-electron chi connectivity index (χ1n) is 9.66. The van der Waals surface area contributed by atoms with Crippen molar-refractivity contribution in [2.45, 2.75) is 12.8 Å². The van der Waals surface area contributed by atoms with Gasteiger partial charge in [-0.2, -0.15) is 0 Å². The fraction of sp³-hybridized carbons (Fsp3) is 0.273. The maximum Gasteiger partial charge on any atom is 0.255 e. The quantitative estimate of drug-likeness (QED) is 0.564. The summed E-state index contributed by atoms with van der Waals surface area (Å²) in [6.45, 7) is 1.21. The van der Waals surface area contributed by atoms with Crippen molar-refractivity contribution in [1.82, 2.24) is 14.5 Å². The van der Waals surface area contributed by atoms with Gasteiger partial charge in [0.2, 0.25) is 5.95 Å². The van der Waals surface area contributed by atoms with Crippen LogP contribution in [-0.2, 0) is 7.05 Å². The molecule has 1 aliphatic heterocycles. The van der Waals surface area contributed by atoms with Crippen LogP contribution in [0.3, 0.4) is 0 Å². The van der Waals surface area contributed by atoms with Gasteiger partial charge in [-0.05, 0) is 43.2 Å². The summed E-state index contributed by atoms with van der Waals surface area (Å²) in [5.41, 5.74) is 1.81. The summed E-state index contributed by atoms with van der Waals surface area (Å²) in [5, 5.41) is 0.787. The third kappa shape index (κ3) is 4.11. The number of hydrogen-bond donors (Lipinski definition) is 0. The molecule has 1 fully saturated rings. The summed E-state index contributed by atoms with van der Waals surface area (Å²) in [6, 6.07) is 10.1. The second kappa shape index (κ2) is 8.58. The standard InChI is InChI=1S/C22H20Cl2N4O2/c1-27-20(29)12-19(14-6-8-25-9-7-14)26-22(27)28-10-2-3-16(13-28)21(30)15-4-5-17(23)18(24)11-15/h4-9,11-12,16H,2-3,10,13H2,1H3. The molecule has 30 heavy (non-hydrogen) atoms. The van der Waals surface area contributed by atoms with E-state index in [9.17, 15) is 9.59 Å². The first-order chi connectivity index (χ1) is 14.4. The average molecular weight is 443 g/mol. The van der Waals surface area contributed by atoms with Crippen LogP contribution in [0.4, 0.5) is 5.95 Å². The van der Waals surface area contributed by atoms with Crippen LogP contribution in [0.25, 0.3) is 11.3 Å². The lowest BCUT2D eigenvalue weighted by Crippen LogP contribution is -2.41. The zero-order valence-electron chi connectivity index (χ0n) is 16.4. The van der Waals surface area contributed by atoms with E-state index in [1.807, 2.05) is 17.0 Å². The van der Waals surface area contributed by atoms with Crippen molar-refractivity contribution in [3.05, 3.63) is 74.8 Å². The van der Waals surface area contributed by atoms with Crippen molar-refractivity contribution in [2.24, 2.45) is 13.0 Å². The maximum absolute atomic E-state index is 13.1. The van der Waals surface area contributed by atoms with Crippen LogP contribution in [0, 0.1) is 5.92 Å². The van der Waals surface area contributed by atoms with Gasteiger partial charge in [0.25, 0.3) is 5.56 Å². The molecule has 3 heterocycles. The Kier molecular flexibility index (Phi) is 5.88. The summed E-state index contributed by atoms with van der Waals surface area (Å²) in [6.07, 6.45) is 4.93. The highest BCUT2D eigenvalue weighted by atomic mass is 35.5. The molecular weight excluding hydrogens is 423 g/mol. The van der Waals surface area contributed by atoms with Crippen LogP contribution in [0.2, 0.25) is 10.0 Å². The summed E-state index contributed by atoms with van der Waals surface area (Å²) >= 11 is 12.1. The van der Waals surface area contributed by atoms with Crippen LogP contribution < -0.4 is 10.5 Å². The zero-order valence-corrected chi connectivity index (χ0v) is 17.9. The van der Waals surface area contributed by atoms with Gasteiger partial charge in [-0.15, -0.1) is 0 Å². The Morgan fingerprint density at radius 1 is 1.10 bits per heavy atom. The van der Waals surface area contributed by atoms with E-state index in [1.165, 1.54) is 10.6 Å². The Morgan fingerprint density at radius 2 is 1.87 bits per heavy atom. The van der Waals surface area contributed by atoms with Gasteiger partial charge >= 0.3 is 0 Å². The number of hydrogen-bond acceptors (Lipinski definition) is 5. The SMILES string of the molecule is Cn1c(N2CCCC(C(=O)c3ccc(Cl)c(Cl)c3)C2)nc(-c2ccncc2)cc1=O. The highest BCUT2D eigenvalue weighted by Crippen LogP contribution is 2.28. The van der Waals surface area contributed by atoms with Crippen LogP contribution >= 0.6 is 23.2 Å². The normalized spacial score (nSPS) is 16.5. The van der Waals surface area contributed by atoms with Crippen LogP contribution in [0.5, 0.6) is 0 Å². The molecular formula is C22H20Cl2N4O2. The second-order valence-electron chi connectivity index (χ2n) is 7.35. The third-order valence-corrected chi connectivity index (χ3v) is 6.11. The number of Topliss-reactive ketones (excluding diaryl/α,β-unsaturated/α-hetero) is 1. The summed E-state index contributed by atoms with van der Waals surface area (Å²) in [4.78, 5) is 36.4. The number of pyridine rings is 1. The average Bonchev–Trinajstić information content (AvgIpc) is 2.77. The number of carbonyl (C=O) groups is 1. The van der Waals surface area contributed by atoms with Gasteiger partial charge in [-0.25, -0.2) is 4.98 Å². The lowest BCUT2D eigenvalue weighted by Gasteiger charge is -2.33. The Morgan fingerprint density at radius 3 is 2.60 bits per heavy atom. The molecule has 1 atom stereocenters. The van der Waals surface area contributed by atoms with Gasteiger partial charge in [0.1, 0.15) is 0 Å². The number of piperidine rings is 1. The van der Waals surface area contributed by atoms with Crippen molar-refractivity contribution in [1.29, 1.82) is 0 Å². The zero-order chi connectivity index (χ0) is 21.3. The van der Waals surface area contributed by atoms with Crippen molar-refractivity contribution in [3.63, 3.8) is 0 Å². The highest BCUT2D eigenvalue weighted by molar-refractivity contribution is 6.42. The van der Waals surface area contributed by atoms with Gasteiger partial charge in [-0.1, -0.05) is 23.2 Å². The van der Waals surface area contributed by atoms with Crippen LogP contribution in [-0.4, -0.2) is 33.4 Å². The predicted molar refractivity (Wildman–Crippen MR) is 118 cm³/mol. The van der Waals surface area contributed by atoms with Crippen LogP contribution in [0.1, 0.15) is 23.2 Å². The fourth-order valence-corrected chi connectivity index (χ4v) is 4.04. The highest BCUT2D eigenvalue weighted by Gasteiger charge is 2.29. The van der Waals surface area contributed by atoms with E-state index in [1.54, 1.807) is 37.6 Å². The van der Waals surface area contributed by atoms with Crippen LogP contribution in [0.15, 0.2) is 53.6 Å². The molecule has 1 saturated heterocycles. The molecule has 1 aromatic carbocycles. The topological polar surface area (TPSA) is 68.1 Å². The molecule has 0 N–H and O–H groups in total. The minimum absolute atomic E-state index is 0.0218. The maximum atomic E-state index is 13.1. The number of carbonyl (C=O) groups excluding carboxylic acids is 1. The number of nitrogens with zero attached hydrogens (tertiary/aromatic N) is 4. The third-order valence-electron chi connectivity index (χ3n) is 5.37. The summed E-state index contributed by atoms with van der Waals surface area (Å²) in [5.74, 6) is 0.368. The lowest BCUT2D eigenvalue weighted by molar-refractivity contribution is 0.0906. The number of benzene rings is 1. The van der Waals surface area contributed by atoms with Gasteiger partial charge in [0, 0.05) is 55.6 Å². The number of anilines is 1. The van der Waals surface area contributed by atoms with E-state index in [2.05, 4.69) is 4.98 Å². The molecule has 8 heteroatoms. The van der Waals surface area contributed by atoms with E-state index in [-0.39, 0.29) is 17.3 Å². The summed E-state index contributed by atoms with van der Waals surface area (Å²) in [7, 11) is 1.70. The van der Waals surface area contributed by atoms with Crippen molar-refractivity contribution < 1.29 is 4.79 Å². The molecule has 0 spiro atoms. The molecule has 3 aromatic rings. The molecule has 1 aliphatic rings. The molecule has 2 aromatic heterocycles. The van der Waals surface area contributed by atoms with Gasteiger partial charge in [0.05, 0.1) is 15.7 Å². The molecule has 0 aliphatic carbocycles. The van der Waals surface area contributed by atoms with E-state index >= 15 is 0 Å². The van der Waals surface area contributed by atoms with Crippen molar-refractivity contribution in [2.75, 3.05) is 18.0 Å². The molecule has 6 nitrogen and oxygen atoms in total. The van der Waals surface area contributed by atoms with Gasteiger partial charge in [-0.3, -0.25) is 19.1 Å². The minimum Gasteiger partial charge on any atom is -0.341 e. The lowest BCUT2D eigenvalue weighted by atomic mass is 9.90. The van der Waals surface area contributed by atoms with E-state index in [4.69, 9.17) is 28.2 Å². The molecule has 0 amide bonds. The molecule has 0 radical (unpaired) electrons. The van der Waals surface area contributed by atoms with E-state index in [0.29, 0.717) is 33.8 Å².